The van der Waals surface area contributed by atoms with E-state index in [1.165, 1.54) is 11.3 Å². The lowest BCUT2D eigenvalue weighted by Gasteiger charge is -2.17. The van der Waals surface area contributed by atoms with Crippen molar-refractivity contribution in [3.63, 3.8) is 0 Å². The van der Waals surface area contributed by atoms with Crippen molar-refractivity contribution in [3.8, 4) is 10.4 Å². The van der Waals surface area contributed by atoms with Gasteiger partial charge < -0.3 is 36.1 Å². The number of aromatic nitrogens is 3. The Kier molecular flexibility index (Phi) is 3.85. The minimum absolute atomic E-state index is 0.00572. The minimum Gasteiger partial charge on any atom is -0.394 e. The van der Waals surface area contributed by atoms with Crippen LogP contribution in [0.15, 0.2) is 23.7 Å². The molecule has 4 rings (SSSR count). The van der Waals surface area contributed by atoms with E-state index in [2.05, 4.69) is 9.97 Å². The summed E-state index contributed by atoms with van der Waals surface area (Å²) in [6, 6.07) is 3.83. The molecule has 1 saturated heterocycles. The van der Waals surface area contributed by atoms with E-state index in [0.29, 0.717) is 11.0 Å². The first-order valence-corrected chi connectivity index (χ1v) is 8.49. The molecule has 4 heterocycles. The van der Waals surface area contributed by atoms with Crippen LogP contribution in [0, 0.1) is 0 Å². The molecule has 4 atom stereocenters. The number of aliphatic hydroxyl groups is 3. The molecule has 0 aromatic carbocycles. The normalized spacial score (nSPS) is 26.5. The van der Waals surface area contributed by atoms with E-state index in [1.807, 2.05) is 17.5 Å². The molecule has 132 valence electrons. The van der Waals surface area contributed by atoms with Crippen LogP contribution in [0.1, 0.15) is 6.23 Å². The number of ether oxygens (including phenoxy) is 1. The first-order valence-electron chi connectivity index (χ1n) is 7.61. The number of hydrogen-bond donors (Lipinski definition) is 5. The maximum Gasteiger partial charge on any atom is 0.223 e. The minimum atomic E-state index is -1.23. The summed E-state index contributed by atoms with van der Waals surface area (Å²) in [7, 11) is 0. The summed E-state index contributed by atoms with van der Waals surface area (Å²) >= 11 is 1.52. The van der Waals surface area contributed by atoms with Crippen molar-refractivity contribution in [2.24, 2.45) is 0 Å². The molecule has 3 aromatic heterocycles. The van der Waals surface area contributed by atoms with Gasteiger partial charge in [0.15, 0.2) is 11.9 Å². The van der Waals surface area contributed by atoms with Crippen LogP contribution in [0.2, 0.25) is 0 Å². The van der Waals surface area contributed by atoms with E-state index in [-0.39, 0.29) is 11.8 Å². The molecule has 1 aliphatic heterocycles. The first-order chi connectivity index (χ1) is 12.0. The standard InChI is InChI=1S/C15H17N5O4S/c16-12-9-6(8-2-1-3-25-8)4-20(13(9)19-15(17)18-12)14-11(23)10(22)7(5-21)24-14/h1-4,7,10-11,14,21-23H,5H2,(H4,16,17,18,19)/t7-,10-,11-,14-/m0/s1. The van der Waals surface area contributed by atoms with Gasteiger partial charge in [0, 0.05) is 16.6 Å². The van der Waals surface area contributed by atoms with Crippen molar-refractivity contribution < 1.29 is 20.1 Å². The molecule has 0 saturated carbocycles. The number of nitrogens with zero attached hydrogens (tertiary/aromatic N) is 3. The van der Waals surface area contributed by atoms with Gasteiger partial charge in [-0.25, -0.2) is 0 Å². The highest BCUT2D eigenvalue weighted by molar-refractivity contribution is 7.13. The fourth-order valence-electron chi connectivity index (χ4n) is 3.12. The molecule has 7 N–H and O–H groups in total. The van der Waals surface area contributed by atoms with Crippen molar-refractivity contribution in [3.05, 3.63) is 23.7 Å². The number of aliphatic hydroxyl groups excluding tert-OH is 3. The average molecular weight is 363 g/mol. The summed E-state index contributed by atoms with van der Waals surface area (Å²) < 4.78 is 7.19. The van der Waals surface area contributed by atoms with Crippen LogP contribution in [-0.2, 0) is 4.74 Å². The van der Waals surface area contributed by atoms with Crippen molar-refractivity contribution in [1.29, 1.82) is 0 Å². The largest absolute Gasteiger partial charge is 0.394 e. The van der Waals surface area contributed by atoms with E-state index >= 15 is 0 Å². The van der Waals surface area contributed by atoms with Gasteiger partial charge in [0.2, 0.25) is 5.95 Å². The average Bonchev–Trinajstić information content (AvgIpc) is 3.27. The predicted octanol–water partition coefficient (Wildman–Crippen LogP) is -0.0643. The second-order valence-electron chi connectivity index (χ2n) is 5.82. The molecule has 0 bridgehead atoms. The van der Waals surface area contributed by atoms with Gasteiger partial charge in [-0.1, -0.05) is 6.07 Å². The maximum atomic E-state index is 10.3. The number of nitrogen functional groups attached to an aromatic ring is 2. The lowest BCUT2D eigenvalue weighted by atomic mass is 10.1. The smallest absolute Gasteiger partial charge is 0.223 e. The Bertz CT molecular complexity index is 912. The molecule has 0 unspecified atom stereocenters. The second kappa shape index (κ2) is 5.93. The maximum absolute atomic E-state index is 10.3. The molecule has 0 aliphatic carbocycles. The zero-order valence-corrected chi connectivity index (χ0v) is 13.8. The fourth-order valence-corrected chi connectivity index (χ4v) is 3.86. The number of thiophene rings is 1. The number of rotatable bonds is 3. The van der Waals surface area contributed by atoms with Crippen LogP contribution in [0.3, 0.4) is 0 Å². The van der Waals surface area contributed by atoms with Crippen LogP contribution in [0.25, 0.3) is 21.5 Å². The zero-order chi connectivity index (χ0) is 17.7. The Morgan fingerprint density at radius 2 is 2.04 bits per heavy atom. The van der Waals surface area contributed by atoms with Crippen LogP contribution < -0.4 is 11.5 Å². The van der Waals surface area contributed by atoms with E-state index in [0.717, 1.165) is 10.4 Å². The summed E-state index contributed by atoms with van der Waals surface area (Å²) in [5.74, 6) is 0.213. The van der Waals surface area contributed by atoms with Gasteiger partial charge in [0.25, 0.3) is 0 Å². The number of nitrogens with two attached hydrogens (primary N) is 2. The van der Waals surface area contributed by atoms with Gasteiger partial charge in [0.1, 0.15) is 24.1 Å². The Labute approximate surface area is 146 Å². The third-order valence-electron chi connectivity index (χ3n) is 4.30. The van der Waals surface area contributed by atoms with Gasteiger partial charge in [-0.2, -0.15) is 9.97 Å². The molecular weight excluding hydrogens is 346 g/mol. The number of fused-ring (bicyclic) bond motifs is 1. The van der Waals surface area contributed by atoms with E-state index < -0.39 is 31.1 Å². The molecule has 25 heavy (non-hydrogen) atoms. The lowest BCUT2D eigenvalue weighted by molar-refractivity contribution is -0.0508. The van der Waals surface area contributed by atoms with E-state index in [4.69, 9.17) is 16.2 Å². The van der Waals surface area contributed by atoms with Gasteiger partial charge in [-0.15, -0.1) is 11.3 Å². The first kappa shape index (κ1) is 16.2. The van der Waals surface area contributed by atoms with E-state index in [1.54, 1.807) is 10.8 Å². The molecule has 9 nitrogen and oxygen atoms in total. The molecule has 10 heteroatoms. The molecule has 1 aliphatic rings. The van der Waals surface area contributed by atoms with Crippen LogP contribution >= 0.6 is 11.3 Å². The third kappa shape index (κ3) is 2.46. The summed E-state index contributed by atoms with van der Waals surface area (Å²) in [5.41, 5.74) is 13.0. The number of anilines is 2. The molecule has 0 radical (unpaired) electrons. The van der Waals surface area contributed by atoms with Crippen molar-refractivity contribution in [2.45, 2.75) is 24.5 Å². The summed E-state index contributed by atoms with van der Waals surface area (Å²) in [6.07, 6.45) is -2.53. The lowest BCUT2D eigenvalue weighted by Crippen LogP contribution is -2.33. The molecule has 1 fully saturated rings. The van der Waals surface area contributed by atoms with Crippen molar-refractivity contribution in [2.75, 3.05) is 18.1 Å². The van der Waals surface area contributed by atoms with Crippen molar-refractivity contribution in [1.82, 2.24) is 14.5 Å². The summed E-state index contributed by atoms with van der Waals surface area (Å²) in [5, 5.41) is 32.2. The van der Waals surface area contributed by atoms with E-state index in [9.17, 15) is 15.3 Å². The molecular formula is C15H17N5O4S. The van der Waals surface area contributed by atoms with Gasteiger partial charge in [-0.3, -0.25) is 0 Å². The third-order valence-corrected chi connectivity index (χ3v) is 5.20. The fraction of sp³-hybridized carbons (Fsp3) is 0.333. The topological polar surface area (TPSA) is 153 Å². The second-order valence-corrected chi connectivity index (χ2v) is 6.77. The summed E-state index contributed by atoms with van der Waals surface area (Å²) in [4.78, 5) is 9.20. The molecule has 3 aromatic rings. The SMILES string of the molecule is Nc1nc(N)c2c(-c3cccs3)cn([C@H]3O[C@@H](CO)[C@H](O)[C@@H]3O)c2n1. The molecule has 0 spiro atoms. The highest BCUT2D eigenvalue weighted by atomic mass is 32.1. The van der Waals surface area contributed by atoms with Gasteiger partial charge in [0.05, 0.1) is 12.0 Å². The Morgan fingerprint density at radius 1 is 1.24 bits per heavy atom. The van der Waals surface area contributed by atoms with Gasteiger partial charge in [-0.05, 0) is 11.4 Å². The number of hydrogen-bond acceptors (Lipinski definition) is 9. The highest BCUT2D eigenvalue weighted by Gasteiger charge is 2.44. The monoisotopic (exact) mass is 363 g/mol. The van der Waals surface area contributed by atoms with Crippen LogP contribution in [0.4, 0.5) is 11.8 Å². The molecule has 0 amide bonds. The Balaban J connectivity index is 1.93. The van der Waals surface area contributed by atoms with Crippen LogP contribution in [0.5, 0.6) is 0 Å². The van der Waals surface area contributed by atoms with Gasteiger partial charge >= 0.3 is 0 Å². The Morgan fingerprint density at radius 3 is 2.68 bits per heavy atom. The quantitative estimate of drug-likeness (QED) is 0.434. The van der Waals surface area contributed by atoms with Crippen molar-refractivity contribution >= 4 is 34.1 Å². The zero-order valence-electron chi connectivity index (χ0n) is 13.0. The highest BCUT2D eigenvalue weighted by Crippen LogP contribution is 2.40. The predicted molar refractivity (Wildman–Crippen MR) is 92.7 cm³/mol. The summed E-state index contributed by atoms with van der Waals surface area (Å²) in [6.45, 7) is -0.412. The van der Waals surface area contributed by atoms with Crippen LogP contribution in [-0.4, -0.2) is 54.8 Å². The Hall–Kier alpha value is -2.24.